The van der Waals surface area contributed by atoms with Gasteiger partial charge in [-0.1, -0.05) is 0 Å². The molecule has 0 radical (unpaired) electrons. The van der Waals surface area contributed by atoms with E-state index < -0.39 is 0 Å². The SMILES string of the molecule is CC1Cc2cc(C(=O)N3CCCC3c3ncc4c(n3)CCN(C)C4)ccc2O1. The van der Waals surface area contributed by atoms with Crippen molar-refractivity contribution in [3.8, 4) is 5.75 Å². The normalized spacial score (nSPS) is 24.0. The van der Waals surface area contributed by atoms with E-state index in [4.69, 9.17) is 9.72 Å². The quantitative estimate of drug-likeness (QED) is 0.804. The lowest BCUT2D eigenvalue weighted by Crippen LogP contribution is -2.33. The second kappa shape index (κ2) is 6.85. The van der Waals surface area contributed by atoms with Crippen molar-refractivity contribution in [3.05, 3.63) is 52.6 Å². The number of hydrogen-bond donors (Lipinski definition) is 0. The number of aromatic nitrogens is 2. The Balaban J connectivity index is 1.40. The van der Waals surface area contributed by atoms with Crippen molar-refractivity contribution in [2.75, 3.05) is 20.1 Å². The van der Waals surface area contributed by atoms with Crippen LogP contribution in [-0.4, -0.2) is 51.9 Å². The molecule has 1 fully saturated rings. The predicted octanol–water partition coefficient (Wildman–Crippen LogP) is 2.77. The highest BCUT2D eigenvalue weighted by molar-refractivity contribution is 5.95. The van der Waals surface area contributed by atoms with Crippen LogP contribution >= 0.6 is 0 Å². The zero-order valence-corrected chi connectivity index (χ0v) is 16.5. The zero-order chi connectivity index (χ0) is 19.3. The molecule has 3 aliphatic heterocycles. The van der Waals surface area contributed by atoms with Gasteiger partial charge in [-0.05, 0) is 50.6 Å². The first kappa shape index (κ1) is 17.6. The highest BCUT2D eigenvalue weighted by atomic mass is 16.5. The van der Waals surface area contributed by atoms with Gasteiger partial charge in [-0.15, -0.1) is 0 Å². The molecule has 2 atom stereocenters. The molecule has 2 unspecified atom stereocenters. The van der Waals surface area contributed by atoms with Gasteiger partial charge in [0.2, 0.25) is 0 Å². The molecule has 1 aromatic carbocycles. The summed E-state index contributed by atoms with van der Waals surface area (Å²) in [5.41, 5.74) is 4.22. The van der Waals surface area contributed by atoms with Gasteiger partial charge in [0.05, 0.1) is 6.04 Å². The first-order valence-electron chi connectivity index (χ1n) is 10.2. The zero-order valence-electron chi connectivity index (χ0n) is 16.5. The predicted molar refractivity (Wildman–Crippen MR) is 105 cm³/mol. The third kappa shape index (κ3) is 3.05. The number of nitrogens with zero attached hydrogens (tertiary/aromatic N) is 4. The Kier molecular flexibility index (Phi) is 4.31. The van der Waals surface area contributed by atoms with Crippen LogP contribution in [0.25, 0.3) is 0 Å². The van der Waals surface area contributed by atoms with E-state index in [0.717, 1.165) is 73.7 Å². The van der Waals surface area contributed by atoms with Crippen molar-refractivity contribution in [1.29, 1.82) is 0 Å². The van der Waals surface area contributed by atoms with Crippen molar-refractivity contribution in [2.45, 2.75) is 51.3 Å². The minimum atomic E-state index is -0.0270. The Hall–Kier alpha value is -2.47. The number of rotatable bonds is 2. The second-order valence-electron chi connectivity index (χ2n) is 8.30. The van der Waals surface area contributed by atoms with Crippen molar-refractivity contribution in [1.82, 2.24) is 19.8 Å². The highest BCUT2D eigenvalue weighted by Gasteiger charge is 2.34. The Morgan fingerprint density at radius 2 is 2.14 bits per heavy atom. The molecule has 0 bridgehead atoms. The molecule has 5 rings (SSSR count). The smallest absolute Gasteiger partial charge is 0.254 e. The van der Waals surface area contributed by atoms with E-state index in [-0.39, 0.29) is 18.1 Å². The molecule has 4 heterocycles. The summed E-state index contributed by atoms with van der Waals surface area (Å²) in [6.45, 7) is 4.74. The van der Waals surface area contributed by atoms with E-state index in [0.29, 0.717) is 0 Å². The van der Waals surface area contributed by atoms with Crippen molar-refractivity contribution < 1.29 is 9.53 Å². The van der Waals surface area contributed by atoms with Crippen LogP contribution in [0.4, 0.5) is 0 Å². The minimum absolute atomic E-state index is 0.0270. The van der Waals surface area contributed by atoms with Gasteiger partial charge in [-0.25, -0.2) is 9.97 Å². The number of likely N-dealkylation sites (N-methyl/N-ethyl adjacent to an activating group) is 1. The maximum atomic E-state index is 13.3. The number of carbonyl (C=O) groups is 1. The maximum absolute atomic E-state index is 13.3. The first-order valence-corrected chi connectivity index (χ1v) is 10.2. The van der Waals surface area contributed by atoms with Gasteiger partial charge in [-0.3, -0.25) is 4.79 Å². The van der Waals surface area contributed by atoms with Crippen LogP contribution in [0.15, 0.2) is 24.4 Å². The number of fused-ring (bicyclic) bond motifs is 2. The molecule has 1 aromatic heterocycles. The molecular weight excluding hydrogens is 352 g/mol. The van der Waals surface area contributed by atoms with E-state index in [1.54, 1.807) is 0 Å². The van der Waals surface area contributed by atoms with Crippen molar-refractivity contribution in [2.24, 2.45) is 0 Å². The average Bonchev–Trinajstić information content (AvgIpc) is 3.32. The second-order valence-corrected chi connectivity index (χ2v) is 8.30. The van der Waals surface area contributed by atoms with Gasteiger partial charge < -0.3 is 14.5 Å². The Morgan fingerprint density at radius 3 is 3.04 bits per heavy atom. The lowest BCUT2D eigenvalue weighted by atomic mass is 10.1. The van der Waals surface area contributed by atoms with Gasteiger partial charge in [-0.2, -0.15) is 0 Å². The monoisotopic (exact) mass is 378 g/mol. The molecule has 6 nitrogen and oxygen atoms in total. The molecule has 28 heavy (non-hydrogen) atoms. The Labute approximate surface area is 165 Å². The number of hydrogen-bond acceptors (Lipinski definition) is 5. The molecule has 3 aliphatic rings. The summed E-state index contributed by atoms with van der Waals surface area (Å²) in [5, 5.41) is 0. The van der Waals surface area contributed by atoms with Gasteiger partial charge in [0.15, 0.2) is 5.82 Å². The molecule has 0 spiro atoms. The fraction of sp³-hybridized carbons (Fsp3) is 0.500. The summed E-state index contributed by atoms with van der Waals surface area (Å²) in [6, 6.07) is 5.79. The molecule has 0 N–H and O–H groups in total. The number of likely N-dealkylation sites (tertiary alicyclic amines) is 1. The number of benzene rings is 1. The first-order chi connectivity index (χ1) is 13.6. The molecule has 0 saturated carbocycles. The standard InChI is InChI=1S/C22H26N4O2/c1-14-10-16-11-15(5-6-20(16)28-14)22(27)26-8-3-4-19(26)21-23-12-17-13-25(2)9-7-18(17)24-21/h5-6,11-12,14,19H,3-4,7-10,13H2,1-2H3. The van der Waals surface area contributed by atoms with E-state index in [1.807, 2.05) is 29.3 Å². The highest BCUT2D eigenvalue weighted by Crippen LogP contribution is 2.34. The fourth-order valence-electron chi connectivity index (χ4n) is 4.63. The molecule has 1 saturated heterocycles. The molecule has 146 valence electrons. The van der Waals surface area contributed by atoms with Crippen LogP contribution in [0, 0.1) is 0 Å². The third-order valence-electron chi connectivity index (χ3n) is 6.10. The molecule has 2 aromatic rings. The van der Waals surface area contributed by atoms with Crippen LogP contribution in [0.5, 0.6) is 5.75 Å². The summed E-state index contributed by atoms with van der Waals surface area (Å²) in [5.74, 6) is 1.78. The lowest BCUT2D eigenvalue weighted by Gasteiger charge is -2.27. The topological polar surface area (TPSA) is 58.6 Å². The molecule has 0 aliphatic carbocycles. The van der Waals surface area contributed by atoms with Gasteiger partial charge >= 0.3 is 0 Å². The van der Waals surface area contributed by atoms with Crippen LogP contribution in [0.3, 0.4) is 0 Å². The van der Waals surface area contributed by atoms with E-state index in [1.165, 1.54) is 5.56 Å². The largest absolute Gasteiger partial charge is 0.490 e. The van der Waals surface area contributed by atoms with Gasteiger partial charge in [0.25, 0.3) is 5.91 Å². The summed E-state index contributed by atoms with van der Waals surface area (Å²) >= 11 is 0. The van der Waals surface area contributed by atoms with E-state index in [2.05, 4.69) is 23.9 Å². The van der Waals surface area contributed by atoms with Crippen LogP contribution < -0.4 is 4.74 Å². The van der Waals surface area contributed by atoms with E-state index >= 15 is 0 Å². The lowest BCUT2D eigenvalue weighted by molar-refractivity contribution is 0.0729. The molecule has 6 heteroatoms. The third-order valence-corrected chi connectivity index (χ3v) is 6.10. The summed E-state index contributed by atoms with van der Waals surface area (Å²) in [6.07, 6.45) is 5.87. The van der Waals surface area contributed by atoms with Gasteiger partial charge in [0, 0.05) is 55.5 Å². The van der Waals surface area contributed by atoms with Crippen LogP contribution in [-0.2, 0) is 19.4 Å². The number of amides is 1. The summed E-state index contributed by atoms with van der Waals surface area (Å²) in [4.78, 5) is 27.0. The van der Waals surface area contributed by atoms with Crippen LogP contribution in [0.1, 0.15) is 58.8 Å². The van der Waals surface area contributed by atoms with Gasteiger partial charge in [0.1, 0.15) is 11.9 Å². The average molecular weight is 378 g/mol. The summed E-state index contributed by atoms with van der Waals surface area (Å²) in [7, 11) is 2.12. The Morgan fingerprint density at radius 1 is 1.25 bits per heavy atom. The van der Waals surface area contributed by atoms with Crippen molar-refractivity contribution >= 4 is 5.91 Å². The maximum Gasteiger partial charge on any atom is 0.254 e. The number of ether oxygens (including phenoxy) is 1. The molecule has 1 amide bonds. The summed E-state index contributed by atoms with van der Waals surface area (Å²) < 4.78 is 5.77. The minimum Gasteiger partial charge on any atom is -0.490 e. The molecular formula is C22H26N4O2. The Bertz CT molecular complexity index is 929. The van der Waals surface area contributed by atoms with E-state index in [9.17, 15) is 4.79 Å². The fourth-order valence-corrected chi connectivity index (χ4v) is 4.63. The van der Waals surface area contributed by atoms with Crippen LogP contribution in [0.2, 0.25) is 0 Å². The number of carbonyl (C=O) groups excluding carboxylic acids is 1. The van der Waals surface area contributed by atoms with Crippen molar-refractivity contribution in [3.63, 3.8) is 0 Å².